The van der Waals surface area contributed by atoms with Crippen molar-refractivity contribution in [1.82, 2.24) is 10.2 Å². The van der Waals surface area contributed by atoms with Crippen molar-refractivity contribution in [3.05, 3.63) is 0 Å². The molecule has 3 heteroatoms. The third kappa shape index (κ3) is 4.44. The van der Waals surface area contributed by atoms with Crippen LogP contribution in [0.1, 0.15) is 57.8 Å². The Morgan fingerprint density at radius 1 is 1.00 bits per heavy atom. The molecule has 3 aliphatic rings. The fourth-order valence-corrected chi connectivity index (χ4v) is 3.82. The Balaban J connectivity index is 1.55. The number of ether oxygens (including phenoxy) is 1. The highest BCUT2D eigenvalue weighted by molar-refractivity contribution is 4.91. The van der Waals surface area contributed by atoms with Gasteiger partial charge < -0.3 is 15.0 Å². The molecule has 116 valence electrons. The molecule has 3 fully saturated rings. The van der Waals surface area contributed by atoms with E-state index in [1.165, 1.54) is 84.0 Å². The van der Waals surface area contributed by atoms with Crippen molar-refractivity contribution in [3.8, 4) is 0 Å². The van der Waals surface area contributed by atoms with Crippen LogP contribution >= 0.6 is 0 Å². The molecular weight excluding hydrogens is 248 g/mol. The predicted molar refractivity (Wildman–Crippen MR) is 83.0 cm³/mol. The first kappa shape index (κ1) is 14.8. The van der Waals surface area contributed by atoms with E-state index in [9.17, 15) is 0 Å². The van der Waals surface area contributed by atoms with Crippen molar-refractivity contribution in [2.24, 2.45) is 5.41 Å². The van der Waals surface area contributed by atoms with Gasteiger partial charge in [0.2, 0.25) is 0 Å². The number of nitrogens with zero attached hydrogens (tertiary/aromatic N) is 1. The molecule has 0 aromatic rings. The molecule has 0 spiro atoms. The highest BCUT2D eigenvalue weighted by Crippen LogP contribution is 2.31. The van der Waals surface area contributed by atoms with Crippen LogP contribution in [0.2, 0.25) is 0 Å². The van der Waals surface area contributed by atoms with Gasteiger partial charge in [-0.25, -0.2) is 0 Å². The molecule has 20 heavy (non-hydrogen) atoms. The van der Waals surface area contributed by atoms with E-state index in [-0.39, 0.29) is 0 Å². The summed E-state index contributed by atoms with van der Waals surface area (Å²) < 4.78 is 5.87. The summed E-state index contributed by atoms with van der Waals surface area (Å²) in [5.41, 5.74) is 0.389. The zero-order valence-electron chi connectivity index (χ0n) is 13.0. The third-order valence-corrected chi connectivity index (χ3v) is 5.25. The molecule has 2 aliphatic heterocycles. The SMILES string of the molecule is C1CCCN(CC2(CNC3CC3)CCCOC2)CCC1. The van der Waals surface area contributed by atoms with Gasteiger partial charge in [-0.1, -0.05) is 19.3 Å². The van der Waals surface area contributed by atoms with E-state index >= 15 is 0 Å². The molecule has 2 heterocycles. The van der Waals surface area contributed by atoms with E-state index in [0.717, 1.165) is 19.3 Å². The topological polar surface area (TPSA) is 24.5 Å². The molecule has 1 unspecified atom stereocenters. The van der Waals surface area contributed by atoms with Crippen molar-refractivity contribution in [2.75, 3.05) is 39.4 Å². The molecule has 1 atom stereocenters. The molecular formula is C17H32N2O. The van der Waals surface area contributed by atoms with Crippen molar-refractivity contribution in [3.63, 3.8) is 0 Å². The van der Waals surface area contributed by atoms with Crippen LogP contribution in [-0.4, -0.2) is 50.3 Å². The number of nitrogens with one attached hydrogen (secondary N) is 1. The first-order valence-electron chi connectivity index (χ1n) is 8.90. The van der Waals surface area contributed by atoms with Crippen LogP contribution in [-0.2, 0) is 4.74 Å². The summed E-state index contributed by atoms with van der Waals surface area (Å²) in [5, 5.41) is 3.78. The Bertz CT molecular complexity index is 277. The lowest BCUT2D eigenvalue weighted by atomic mass is 9.81. The van der Waals surface area contributed by atoms with Gasteiger partial charge in [0, 0.05) is 31.2 Å². The quantitative estimate of drug-likeness (QED) is 0.838. The Labute approximate surface area is 124 Å². The summed E-state index contributed by atoms with van der Waals surface area (Å²) in [4.78, 5) is 2.74. The highest BCUT2D eigenvalue weighted by atomic mass is 16.5. The second kappa shape index (κ2) is 7.24. The number of likely N-dealkylation sites (tertiary alicyclic amines) is 1. The number of hydrogen-bond acceptors (Lipinski definition) is 3. The van der Waals surface area contributed by atoms with Crippen molar-refractivity contribution in [2.45, 2.75) is 63.8 Å². The number of hydrogen-bond donors (Lipinski definition) is 1. The molecule has 0 bridgehead atoms. The summed E-state index contributed by atoms with van der Waals surface area (Å²) >= 11 is 0. The molecule has 3 nitrogen and oxygen atoms in total. The maximum Gasteiger partial charge on any atom is 0.0546 e. The van der Waals surface area contributed by atoms with E-state index in [2.05, 4.69) is 10.2 Å². The molecule has 0 aromatic carbocycles. The standard InChI is InChI=1S/C17H32N2O/c1-2-4-10-19(11-5-3-1)14-17(9-6-12-20-15-17)13-18-16-7-8-16/h16,18H,1-15H2. The maximum absolute atomic E-state index is 5.87. The van der Waals surface area contributed by atoms with Gasteiger partial charge in [0.1, 0.15) is 0 Å². The predicted octanol–water partition coefficient (Wildman–Crippen LogP) is 2.80. The van der Waals surface area contributed by atoms with E-state index < -0.39 is 0 Å². The minimum atomic E-state index is 0.389. The van der Waals surface area contributed by atoms with Gasteiger partial charge in [-0.3, -0.25) is 0 Å². The summed E-state index contributed by atoms with van der Waals surface area (Å²) in [7, 11) is 0. The van der Waals surface area contributed by atoms with Crippen LogP contribution in [0.5, 0.6) is 0 Å². The smallest absolute Gasteiger partial charge is 0.0546 e. The minimum Gasteiger partial charge on any atom is -0.381 e. The highest BCUT2D eigenvalue weighted by Gasteiger charge is 2.36. The van der Waals surface area contributed by atoms with Gasteiger partial charge in [-0.2, -0.15) is 0 Å². The fraction of sp³-hybridized carbons (Fsp3) is 1.00. The molecule has 2 saturated heterocycles. The first-order chi connectivity index (χ1) is 9.86. The average Bonchev–Trinajstić information content (AvgIpc) is 3.25. The Hall–Kier alpha value is -0.120. The normalized spacial score (nSPS) is 33.6. The monoisotopic (exact) mass is 280 g/mol. The van der Waals surface area contributed by atoms with Crippen molar-refractivity contribution < 1.29 is 4.74 Å². The Morgan fingerprint density at radius 3 is 2.40 bits per heavy atom. The first-order valence-corrected chi connectivity index (χ1v) is 8.90. The lowest BCUT2D eigenvalue weighted by molar-refractivity contribution is -0.0273. The average molecular weight is 280 g/mol. The zero-order chi connectivity index (χ0) is 13.7. The van der Waals surface area contributed by atoms with Crippen LogP contribution in [0, 0.1) is 5.41 Å². The molecule has 1 saturated carbocycles. The van der Waals surface area contributed by atoms with Gasteiger partial charge in [0.25, 0.3) is 0 Å². The lowest BCUT2D eigenvalue weighted by Gasteiger charge is -2.41. The molecule has 0 amide bonds. The summed E-state index contributed by atoms with van der Waals surface area (Å²) in [6.07, 6.45) is 12.5. The van der Waals surface area contributed by atoms with Crippen LogP contribution in [0.25, 0.3) is 0 Å². The zero-order valence-corrected chi connectivity index (χ0v) is 13.0. The van der Waals surface area contributed by atoms with Gasteiger partial charge >= 0.3 is 0 Å². The van der Waals surface area contributed by atoms with Gasteiger partial charge in [-0.15, -0.1) is 0 Å². The van der Waals surface area contributed by atoms with Crippen LogP contribution in [0.15, 0.2) is 0 Å². The van der Waals surface area contributed by atoms with E-state index in [1.54, 1.807) is 0 Å². The molecule has 0 aromatic heterocycles. The Kier molecular flexibility index (Phi) is 5.36. The van der Waals surface area contributed by atoms with Crippen LogP contribution < -0.4 is 5.32 Å². The van der Waals surface area contributed by atoms with E-state index in [0.29, 0.717) is 5.41 Å². The summed E-state index contributed by atoms with van der Waals surface area (Å²) in [6, 6.07) is 0.820. The van der Waals surface area contributed by atoms with Crippen LogP contribution in [0.4, 0.5) is 0 Å². The second-order valence-electron chi connectivity index (χ2n) is 7.36. The second-order valence-corrected chi connectivity index (χ2v) is 7.36. The minimum absolute atomic E-state index is 0.389. The van der Waals surface area contributed by atoms with E-state index in [1.807, 2.05) is 0 Å². The molecule has 1 aliphatic carbocycles. The molecule has 1 N–H and O–H groups in total. The van der Waals surface area contributed by atoms with Gasteiger partial charge in [0.05, 0.1) is 6.61 Å². The van der Waals surface area contributed by atoms with E-state index in [4.69, 9.17) is 4.74 Å². The van der Waals surface area contributed by atoms with Crippen LogP contribution in [0.3, 0.4) is 0 Å². The van der Waals surface area contributed by atoms with Gasteiger partial charge in [0.15, 0.2) is 0 Å². The Morgan fingerprint density at radius 2 is 1.75 bits per heavy atom. The van der Waals surface area contributed by atoms with Gasteiger partial charge in [-0.05, 0) is 51.6 Å². The maximum atomic E-state index is 5.87. The largest absolute Gasteiger partial charge is 0.381 e. The summed E-state index contributed by atoms with van der Waals surface area (Å²) in [6.45, 7) is 7.01. The third-order valence-electron chi connectivity index (χ3n) is 5.25. The summed E-state index contributed by atoms with van der Waals surface area (Å²) in [5.74, 6) is 0. The molecule has 0 radical (unpaired) electrons. The number of rotatable bonds is 5. The van der Waals surface area contributed by atoms with Crippen molar-refractivity contribution in [1.29, 1.82) is 0 Å². The van der Waals surface area contributed by atoms with Crippen molar-refractivity contribution >= 4 is 0 Å². The molecule has 3 rings (SSSR count). The lowest BCUT2D eigenvalue weighted by Crippen LogP contribution is -2.50. The fourth-order valence-electron chi connectivity index (χ4n) is 3.82.